The molecule has 2 unspecified atom stereocenters. The van der Waals surface area contributed by atoms with Crippen molar-refractivity contribution in [2.24, 2.45) is 5.92 Å². The largest absolute Gasteiger partial charge is 0.508 e. The van der Waals surface area contributed by atoms with Crippen LogP contribution in [0.4, 0.5) is 17.1 Å². The molecule has 2 aliphatic rings. The van der Waals surface area contributed by atoms with E-state index in [9.17, 15) is 34.4 Å². The van der Waals surface area contributed by atoms with E-state index in [4.69, 9.17) is 4.42 Å². The molecule has 0 bridgehead atoms. The highest BCUT2D eigenvalue weighted by Crippen LogP contribution is 2.54. The monoisotopic (exact) mass is 578 g/mol. The molecule has 12 nitrogen and oxygen atoms in total. The maximum atomic E-state index is 13.7. The average Bonchev–Trinajstić information content (AvgIpc) is 3.63. The van der Waals surface area contributed by atoms with Crippen molar-refractivity contribution >= 4 is 57.9 Å². The zero-order chi connectivity index (χ0) is 28.1. The fourth-order valence-electron chi connectivity index (χ4n) is 4.90. The molecule has 4 aromatic rings. The van der Waals surface area contributed by atoms with Crippen LogP contribution in [0.25, 0.3) is 0 Å². The van der Waals surface area contributed by atoms with Crippen molar-refractivity contribution in [1.29, 1.82) is 0 Å². The number of imide groups is 1. The van der Waals surface area contributed by atoms with E-state index < -0.39 is 44.6 Å². The quantitative estimate of drug-likeness (QED) is 0.151. The molecule has 202 valence electrons. The zero-order valence-corrected chi connectivity index (χ0v) is 21.9. The topological polar surface area (TPSA) is 165 Å². The predicted octanol–water partition coefficient (Wildman–Crippen LogP) is 3.55. The third-order valence-electron chi connectivity index (χ3n) is 6.67. The van der Waals surface area contributed by atoms with E-state index in [0.717, 1.165) is 28.0 Å². The Labute approximate surface area is 233 Å². The van der Waals surface area contributed by atoms with Gasteiger partial charge in [0.25, 0.3) is 5.69 Å². The van der Waals surface area contributed by atoms with Gasteiger partial charge in [0, 0.05) is 17.8 Å². The number of aromatic hydroxyl groups is 1. The van der Waals surface area contributed by atoms with Crippen LogP contribution in [-0.2, 0) is 20.9 Å². The lowest BCUT2D eigenvalue weighted by Gasteiger charge is -2.29. The Morgan fingerprint density at radius 2 is 1.77 bits per heavy atom. The summed E-state index contributed by atoms with van der Waals surface area (Å²) >= 11 is 1.93. The Morgan fingerprint density at radius 3 is 2.42 bits per heavy atom. The molecule has 0 radical (unpaired) electrons. The number of aromatic nitrogens is 1. The van der Waals surface area contributed by atoms with E-state index in [1.807, 2.05) is 0 Å². The van der Waals surface area contributed by atoms with Crippen molar-refractivity contribution in [3.63, 3.8) is 0 Å². The minimum Gasteiger partial charge on any atom is -0.508 e. The molecule has 4 heterocycles. The summed E-state index contributed by atoms with van der Waals surface area (Å²) in [5.74, 6) is -2.76. The number of nitro groups is 1. The first-order valence-corrected chi connectivity index (χ1v) is 13.6. The molecule has 2 N–H and O–H groups in total. The number of carbonyl (C=O) groups is 3. The van der Waals surface area contributed by atoms with Crippen LogP contribution < -0.4 is 15.1 Å². The molecule has 2 aromatic carbocycles. The number of carbonyl (C=O) groups excluding carboxylic acids is 3. The first-order chi connectivity index (χ1) is 19.2. The van der Waals surface area contributed by atoms with Gasteiger partial charge in [0.2, 0.25) is 17.7 Å². The Balaban J connectivity index is 1.36. The second kappa shape index (κ2) is 9.81. The Morgan fingerprint density at radius 1 is 1.05 bits per heavy atom. The standard InChI is InChI=1S/C26H18N4O8S2/c31-16-9-3-13(4-10-16)27-18(32)12-28-25-22(40-26(28)35)19(17-2-1-11-38-17)20-21(39-25)24(34)29(23(20)33)14-5-7-15(8-6-14)30(36)37/h1-11,19-21,31H,12H2,(H,27,32)/t19-,20?,21?/m1/s1. The first kappa shape index (κ1) is 25.6. The van der Waals surface area contributed by atoms with Gasteiger partial charge in [-0.05, 0) is 48.5 Å². The molecule has 1 fully saturated rings. The SMILES string of the molecule is O=C(Cn1c2c(sc1=O)[C@H](c1ccco1)C1C(=O)N(c3ccc([N+](=O)[O-])cc3)C(=O)C1S2)Nc1ccc(O)cc1. The van der Waals surface area contributed by atoms with Crippen molar-refractivity contribution in [2.75, 3.05) is 10.2 Å². The number of benzene rings is 2. The van der Waals surface area contributed by atoms with Gasteiger partial charge in [-0.2, -0.15) is 0 Å². The third-order valence-corrected chi connectivity index (χ3v) is 9.27. The predicted molar refractivity (Wildman–Crippen MR) is 145 cm³/mol. The number of phenolic OH excluding ortho intramolecular Hbond substituents is 1. The van der Waals surface area contributed by atoms with Crippen LogP contribution in [0.5, 0.6) is 5.75 Å². The molecule has 6 rings (SSSR count). The lowest BCUT2D eigenvalue weighted by molar-refractivity contribution is -0.384. The molecule has 0 aliphatic carbocycles. The van der Waals surface area contributed by atoms with Crippen LogP contribution in [-0.4, -0.2) is 37.6 Å². The van der Waals surface area contributed by atoms with Crippen molar-refractivity contribution in [3.05, 3.63) is 97.3 Å². The van der Waals surface area contributed by atoms with Crippen LogP contribution >= 0.6 is 23.1 Å². The molecule has 3 amide bonds. The first-order valence-electron chi connectivity index (χ1n) is 11.9. The van der Waals surface area contributed by atoms with Gasteiger partial charge < -0.3 is 14.8 Å². The molecular formula is C26H18N4O8S2. The molecule has 1 saturated heterocycles. The van der Waals surface area contributed by atoms with Gasteiger partial charge in [-0.15, -0.1) is 0 Å². The third kappa shape index (κ3) is 4.26. The highest BCUT2D eigenvalue weighted by atomic mass is 32.2. The Hall–Kier alpha value is -4.69. The number of hydrogen-bond donors (Lipinski definition) is 2. The molecule has 40 heavy (non-hydrogen) atoms. The number of furan rings is 1. The minimum atomic E-state index is -0.925. The van der Waals surface area contributed by atoms with Crippen LogP contribution in [0, 0.1) is 16.0 Å². The number of anilines is 2. The van der Waals surface area contributed by atoms with Gasteiger partial charge in [0.15, 0.2) is 0 Å². The van der Waals surface area contributed by atoms with Crippen molar-refractivity contribution in [1.82, 2.24) is 4.57 Å². The van der Waals surface area contributed by atoms with E-state index in [2.05, 4.69) is 5.32 Å². The summed E-state index contributed by atoms with van der Waals surface area (Å²) in [6.07, 6.45) is 1.44. The molecule has 0 spiro atoms. The number of phenols is 1. The maximum Gasteiger partial charge on any atom is 0.308 e. The highest BCUT2D eigenvalue weighted by molar-refractivity contribution is 8.00. The summed E-state index contributed by atoms with van der Waals surface area (Å²) in [5, 5.41) is 22.7. The summed E-state index contributed by atoms with van der Waals surface area (Å²) in [4.78, 5) is 64.9. The molecule has 2 aromatic heterocycles. The summed E-state index contributed by atoms with van der Waals surface area (Å²) in [6.45, 7) is -0.338. The fraction of sp³-hybridized carbons (Fsp3) is 0.154. The van der Waals surface area contributed by atoms with Crippen LogP contribution in [0.2, 0.25) is 0 Å². The summed E-state index contributed by atoms with van der Waals surface area (Å²) < 4.78 is 6.93. The average molecular weight is 579 g/mol. The van der Waals surface area contributed by atoms with Crippen molar-refractivity contribution < 1.29 is 28.8 Å². The van der Waals surface area contributed by atoms with Crippen molar-refractivity contribution in [2.45, 2.75) is 22.7 Å². The van der Waals surface area contributed by atoms with E-state index in [-0.39, 0.29) is 23.7 Å². The van der Waals surface area contributed by atoms with Crippen LogP contribution in [0.15, 0.2) is 81.2 Å². The number of amides is 3. The van der Waals surface area contributed by atoms with E-state index in [1.54, 1.807) is 12.1 Å². The van der Waals surface area contributed by atoms with Gasteiger partial charge in [0.05, 0.1) is 38.6 Å². The number of nitrogens with zero attached hydrogens (tertiary/aromatic N) is 3. The van der Waals surface area contributed by atoms with Gasteiger partial charge in [-0.3, -0.25) is 33.9 Å². The zero-order valence-electron chi connectivity index (χ0n) is 20.3. The molecule has 2 aliphatic heterocycles. The summed E-state index contributed by atoms with van der Waals surface area (Å²) in [5.41, 5.74) is 0.444. The second-order valence-electron chi connectivity index (χ2n) is 9.06. The maximum absolute atomic E-state index is 13.7. The Kier molecular flexibility index (Phi) is 6.27. The van der Waals surface area contributed by atoms with Gasteiger partial charge in [-0.25, -0.2) is 4.90 Å². The Bertz CT molecular complexity index is 1710. The number of hydrogen-bond acceptors (Lipinski definition) is 10. The van der Waals surface area contributed by atoms with Crippen molar-refractivity contribution in [3.8, 4) is 5.75 Å². The summed E-state index contributed by atoms with van der Waals surface area (Å²) in [6, 6.07) is 14.3. The number of non-ortho nitro benzene ring substituents is 1. The summed E-state index contributed by atoms with van der Waals surface area (Å²) in [7, 11) is 0. The fourth-order valence-corrected chi connectivity index (χ4v) is 7.65. The number of thiazole rings is 1. The smallest absolute Gasteiger partial charge is 0.308 e. The number of thioether (sulfide) groups is 1. The molecule has 0 saturated carbocycles. The molecule has 14 heteroatoms. The van der Waals surface area contributed by atoms with Gasteiger partial charge in [-0.1, -0.05) is 23.1 Å². The highest BCUT2D eigenvalue weighted by Gasteiger charge is 2.57. The normalized spacial score (nSPS) is 19.8. The second-order valence-corrected chi connectivity index (χ2v) is 11.2. The number of nitrogens with one attached hydrogen (secondary N) is 1. The molecular weight excluding hydrogens is 560 g/mol. The number of rotatable bonds is 6. The minimum absolute atomic E-state index is 0.0367. The van der Waals surface area contributed by atoms with E-state index in [1.165, 1.54) is 59.4 Å². The van der Waals surface area contributed by atoms with Crippen LogP contribution in [0.1, 0.15) is 16.6 Å². The van der Waals surface area contributed by atoms with E-state index in [0.29, 0.717) is 21.4 Å². The van der Waals surface area contributed by atoms with Crippen LogP contribution in [0.3, 0.4) is 0 Å². The number of fused-ring (bicyclic) bond motifs is 2. The lowest BCUT2D eigenvalue weighted by Crippen LogP contribution is -2.32. The number of nitro benzene ring substituents is 1. The lowest BCUT2D eigenvalue weighted by atomic mass is 9.87. The van der Waals surface area contributed by atoms with Gasteiger partial charge >= 0.3 is 4.87 Å². The van der Waals surface area contributed by atoms with E-state index >= 15 is 0 Å². The molecule has 3 atom stereocenters. The van der Waals surface area contributed by atoms with Gasteiger partial charge in [0.1, 0.15) is 23.3 Å².